The van der Waals surface area contributed by atoms with Gasteiger partial charge in [0.25, 0.3) is 11.9 Å². The minimum Gasteiger partial charge on any atom is -0.334 e. The molecule has 0 fully saturated rings. The van der Waals surface area contributed by atoms with Crippen molar-refractivity contribution in [1.82, 2.24) is 25.2 Å². The summed E-state index contributed by atoms with van der Waals surface area (Å²) in [6, 6.07) is 7.69. The van der Waals surface area contributed by atoms with E-state index in [-0.39, 0.29) is 12.9 Å². The van der Waals surface area contributed by atoms with Gasteiger partial charge in [0, 0.05) is 32.0 Å². The number of hydrogen-bond acceptors (Lipinski definition) is 6. The van der Waals surface area contributed by atoms with Crippen LogP contribution in [0, 0.1) is 5.82 Å². The second-order valence-electron chi connectivity index (χ2n) is 7.74. The van der Waals surface area contributed by atoms with Crippen molar-refractivity contribution in [3.8, 4) is 0 Å². The molecule has 0 unspecified atom stereocenters. The quantitative estimate of drug-likeness (QED) is 0.628. The van der Waals surface area contributed by atoms with Gasteiger partial charge in [-0.1, -0.05) is 29.7 Å². The summed E-state index contributed by atoms with van der Waals surface area (Å²) < 4.78 is 14.0. The van der Waals surface area contributed by atoms with Crippen molar-refractivity contribution in [2.24, 2.45) is 0 Å². The molecule has 0 spiro atoms. The highest BCUT2D eigenvalue weighted by Gasteiger charge is 2.21. The maximum atomic E-state index is 14.0. The molecule has 0 saturated carbocycles. The lowest BCUT2D eigenvalue weighted by molar-refractivity contribution is 0.102. The smallest absolute Gasteiger partial charge is 0.266 e. The molecule has 0 atom stereocenters. The van der Waals surface area contributed by atoms with Gasteiger partial charge in [0.05, 0.1) is 18.3 Å². The van der Waals surface area contributed by atoms with Crippen LogP contribution in [0.2, 0.25) is 0 Å². The number of carbonyl (C=O) groups excluding carboxylic acids is 1. The van der Waals surface area contributed by atoms with E-state index in [1.54, 1.807) is 4.80 Å². The van der Waals surface area contributed by atoms with Crippen molar-refractivity contribution in [1.29, 1.82) is 0 Å². The zero-order valence-corrected chi connectivity index (χ0v) is 18.5. The number of halogens is 1. The van der Waals surface area contributed by atoms with Gasteiger partial charge in [-0.05, 0) is 55.2 Å². The number of anilines is 2. The van der Waals surface area contributed by atoms with E-state index in [0.717, 1.165) is 24.7 Å². The van der Waals surface area contributed by atoms with E-state index in [9.17, 15) is 9.18 Å². The predicted octanol–water partition coefficient (Wildman–Crippen LogP) is 3.97. The molecule has 0 radical (unpaired) electrons. The van der Waals surface area contributed by atoms with E-state index in [1.165, 1.54) is 17.3 Å². The van der Waals surface area contributed by atoms with Crippen LogP contribution in [-0.2, 0) is 13.0 Å². The number of benzene rings is 1. The van der Waals surface area contributed by atoms with Crippen molar-refractivity contribution < 1.29 is 10.6 Å². The van der Waals surface area contributed by atoms with Crippen molar-refractivity contribution in [2.45, 2.75) is 40.2 Å². The first kappa shape index (κ1) is 21.6. The van der Waals surface area contributed by atoms with Crippen LogP contribution in [0.5, 0.6) is 0 Å². The molecule has 0 bridgehead atoms. The number of rotatable bonds is 6. The standard InChI is InChI=1S/C23H26FN7O.H2/c1-4-18-19(12-25-13-21(18)24)22(32)26-17-8-6-16(7-9-17)20-14-30(11-10-15(20)3)23-27-29-31(5-2)28-23;/h6-9,12-13H,4-5,10-11,14H2,1-3H3,(H,26,32);1H. The number of amides is 1. The molecule has 2 aromatic heterocycles. The molecule has 32 heavy (non-hydrogen) atoms. The maximum Gasteiger partial charge on any atom is 0.266 e. The number of nitrogens with zero attached hydrogens (tertiary/aromatic N) is 6. The molecular weight excluding hydrogens is 409 g/mol. The van der Waals surface area contributed by atoms with Crippen LogP contribution in [0.15, 0.2) is 42.2 Å². The molecule has 1 aromatic carbocycles. The van der Waals surface area contributed by atoms with E-state index in [0.29, 0.717) is 36.7 Å². The number of aromatic nitrogens is 5. The summed E-state index contributed by atoms with van der Waals surface area (Å²) in [5.74, 6) is -0.199. The van der Waals surface area contributed by atoms with E-state index in [1.807, 2.05) is 38.1 Å². The number of nitrogens with one attached hydrogen (secondary N) is 1. The number of carbonyl (C=O) groups is 1. The monoisotopic (exact) mass is 437 g/mol. The van der Waals surface area contributed by atoms with Gasteiger partial charge < -0.3 is 10.2 Å². The Hall–Kier alpha value is -3.62. The van der Waals surface area contributed by atoms with Gasteiger partial charge in [-0.25, -0.2) is 4.39 Å². The topological polar surface area (TPSA) is 88.8 Å². The molecule has 1 N–H and O–H groups in total. The Morgan fingerprint density at radius 1 is 1.22 bits per heavy atom. The zero-order chi connectivity index (χ0) is 22.7. The third-order valence-electron chi connectivity index (χ3n) is 5.72. The molecule has 4 rings (SSSR count). The average molecular weight is 438 g/mol. The summed E-state index contributed by atoms with van der Waals surface area (Å²) in [5.41, 5.74) is 4.87. The second kappa shape index (κ2) is 9.25. The van der Waals surface area contributed by atoms with E-state index in [4.69, 9.17) is 0 Å². The van der Waals surface area contributed by atoms with Crippen LogP contribution in [0.25, 0.3) is 5.57 Å². The van der Waals surface area contributed by atoms with Gasteiger partial charge >= 0.3 is 0 Å². The third-order valence-corrected chi connectivity index (χ3v) is 5.72. The molecular formula is C23H28FN7O. The van der Waals surface area contributed by atoms with Gasteiger partial charge in [0.15, 0.2) is 0 Å². The fourth-order valence-corrected chi connectivity index (χ4v) is 3.83. The van der Waals surface area contributed by atoms with Gasteiger partial charge in [-0.3, -0.25) is 9.78 Å². The summed E-state index contributed by atoms with van der Waals surface area (Å²) in [4.78, 5) is 20.2. The Labute approximate surface area is 187 Å². The molecule has 9 heteroatoms. The molecule has 1 aliphatic rings. The van der Waals surface area contributed by atoms with E-state index >= 15 is 0 Å². The number of aryl methyl sites for hydroxylation is 1. The maximum absolute atomic E-state index is 14.0. The molecule has 3 heterocycles. The van der Waals surface area contributed by atoms with Gasteiger partial charge in [0.1, 0.15) is 5.82 Å². The van der Waals surface area contributed by atoms with Crippen molar-refractivity contribution in [3.63, 3.8) is 0 Å². The lowest BCUT2D eigenvalue weighted by Crippen LogP contribution is -2.31. The van der Waals surface area contributed by atoms with Crippen LogP contribution in [0.4, 0.5) is 16.0 Å². The van der Waals surface area contributed by atoms with Crippen LogP contribution in [0.3, 0.4) is 0 Å². The molecule has 0 saturated heterocycles. The zero-order valence-electron chi connectivity index (χ0n) is 18.5. The van der Waals surface area contributed by atoms with E-state index < -0.39 is 5.82 Å². The predicted molar refractivity (Wildman–Crippen MR) is 123 cm³/mol. The van der Waals surface area contributed by atoms with E-state index in [2.05, 4.69) is 37.5 Å². The van der Waals surface area contributed by atoms with Crippen molar-refractivity contribution in [2.75, 3.05) is 23.3 Å². The molecule has 3 aromatic rings. The molecule has 8 nitrogen and oxygen atoms in total. The lowest BCUT2D eigenvalue weighted by Gasteiger charge is -2.29. The Morgan fingerprint density at radius 2 is 2.00 bits per heavy atom. The normalized spacial score (nSPS) is 14.1. The number of pyridine rings is 1. The minimum atomic E-state index is -0.465. The molecule has 1 aliphatic heterocycles. The summed E-state index contributed by atoms with van der Waals surface area (Å²) in [6.45, 7) is 8.16. The van der Waals surface area contributed by atoms with Crippen LogP contribution in [-0.4, -0.2) is 44.2 Å². The summed E-state index contributed by atoms with van der Waals surface area (Å²) in [5, 5.41) is 15.5. The Bertz CT molecular complexity index is 1160. The minimum absolute atomic E-state index is 0. The Balaban J connectivity index is 0.00000306. The molecule has 0 aliphatic carbocycles. The summed E-state index contributed by atoms with van der Waals surface area (Å²) >= 11 is 0. The molecule has 1 amide bonds. The first-order chi connectivity index (χ1) is 15.5. The average Bonchev–Trinajstić information content (AvgIpc) is 3.29. The largest absolute Gasteiger partial charge is 0.334 e. The van der Waals surface area contributed by atoms with Crippen LogP contribution in [0.1, 0.15) is 50.1 Å². The Kier molecular flexibility index (Phi) is 6.25. The fraction of sp³-hybridized carbons (Fsp3) is 0.348. The van der Waals surface area contributed by atoms with Gasteiger partial charge in [-0.2, -0.15) is 4.80 Å². The SMILES string of the molecule is CCc1c(F)cncc1C(=O)Nc1ccc(C2=C(C)CCN(c3nnn(CC)n3)C2)cc1.[HH]. The highest BCUT2D eigenvalue weighted by molar-refractivity contribution is 6.05. The van der Waals surface area contributed by atoms with Gasteiger partial charge in [0.2, 0.25) is 0 Å². The molecule has 168 valence electrons. The second-order valence-corrected chi connectivity index (χ2v) is 7.74. The first-order valence-electron chi connectivity index (χ1n) is 10.8. The highest BCUT2D eigenvalue weighted by Crippen LogP contribution is 2.29. The summed E-state index contributed by atoms with van der Waals surface area (Å²) in [7, 11) is 0. The fourth-order valence-electron chi connectivity index (χ4n) is 3.83. The van der Waals surface area contributed by atoms with Crippen molar-refractivity contribution in [3.05, 3.63) is 64.7 Å². The highest BCUT2D eigenvalue weighted by atomic mass is 19.1. The van der Waals surface area contributed by atoms with Crippen LogP contribution >= 0.6 is 0 Å². The first-order valence-corrected chi connectivity index (χ1v) is 10.8. The Morgan fingerprint density at radius 3 is 2.69 bits per heavy atom. The number of tetrazole rings is 1. The van der Waals surface area contributed by atoms with Crippen molar-refractivity contribution >= 4 is 23.1 Å². The van der Waals surface area contributed by atoms with Crippen LogP contribution < -0.4 is 10.2 Å². The third kappa shape index (κ3) is 4.37. The number of hydrogen-bond donors (Lipinski definition) is 1. The van der Waals surface area contributed by atoms with Gasteiger partial charge in [-0.15, -0.1) is 5.10 Å². The summed E-state index contributed by atoms with van der Waals surface area (Å²) in [6.07, 6.45) is 3.87. The lowest BCUT2D eigenvalue weighted by atomic mass is 9.95.